The van der Waals surface area contributed by atoms with E-state index < -0.39 is 0 Å². The van der Waals surface area contributed by atoms with E-state index in [-0.39, 0.29) is 11.4 Å². The molecule has 0 aliphatic carbocycles. The van der Waals surface area contributed by atoms with Crippen molar-refractivity contribution in [3.05, 3.63) is 70.3 Å². The first-order valence-electron chi connectivity index (χ1n) is 9.03. The third-order valence-corrected chi connectivity index (χ3v) is 4.27. The molecular formula is C22H30N3O+. The van der Waals surface area contributed by atoms with Crippen LogP contribution >= 0.6 is 0 Å². The minimum atomic E-state index is -0.373. The van der Waals surface area contributed by atoms with Crippen molar-refractivity contribution in [1.29, 1.82) is 0 Å². The second-order valence-corrected chi connectivity index (χ2v) is 7.76. The summed E-state index contributed by atoms with van der Waals surface area (Å²) in [6.45, 7) is 12.1. The Balaban J connectivity index is 2.42. The number of nitrogens with two attached hydrogens (primary N) is 1. The highest BCUT2D eigenvalue weighted by Crippen LogP contribution is 2.12. The van der Waals surface area contributed by atoms with Crippen LogP contribution in [0.25, 0.3) is 0 Å². The maximum Gasteiger partial charge on any atom is 0.299 e. The summed E-state index contributed by atoms with van der Waals surface area (Å²) in [5.41, 5.74) is 13.9. The van der Waals surface area contributed by atoms with Crippen molar-refractivity contribution in [2.45, 2.75) is 53.5 Å². The summed E-state index contributed by atoms with van der Waals surface area (Å²) < 4.78 is 1.74. The van der Waals surface area contributed by atoms with E-state index in [1.54, 1.807) is 4.68 Å². The number of hydrogen-bond donors (Lipinski definition) is 2. The van der Waals surface area contributed by atoms with Gasteiger partial charge in [-0.1, -0.05) is 36.2 Å². The van der Waals surface area contributed by atoms with Gasteiger partial charge < -0.3 is 0 Å². The van der Waals surface area contributed by atoms with Gasteiger partial charge in [0.05, 0.1) is 5.56 Å². The standard InChI is InChI=1S/C22H29N3O/c1-7-17-8-10-18(11-9-17)20(23)25(22(4,5)6)24-21(26)19-13-15(2)12-16(3)14-19/h8-14,23H,7H2,1-6H3,(H,24,26)/p+1. The molecule has 0 bridgehead atoms. The molecule has 0 spiro atoms. The number of amides is 1. The van der Waals surface area contributed by atoms with E-state index in [0.29, 0.717) is 11.4 Å². The van der Waals surface area contributed by atoms with E-state index in [1.807, 2.05) is 65.0 Å². The average molecular weight is 353 g/mol. The second-order valence-electron chi connectivity index (χ2n) is 7.76. The molecule has 0 saturated heterocycles. The maximum atomic E-state index is 12.8. The smallest absolute Gasteiger partial charge is 0.285 e. The van der Waals surface area contributed by atoms with Crippen LogP contribution < -0.4 is 11.2 Å². The number of hydrazine groups is 1. The van der Waals surface area contributed by atoms with Gasteiger partial charge in [-0.05, 0) is 70.9 Å². The molecule has 3 N–H and O–H groups in total. The zero-order valence-corrected chi connectivity index (χ0v) is 16.7. The molecule has 1 amide bonds. The molecule has 0 unspecified atom stereocenters. The SMILES string of the molecule is CCc1ccc(C(N)=[N+](NC(=O)c2cc(C)cc(C)c2)C(C)(C)C)cc1. The van der Waals surface area contributed by atoms with Gasteiger partial charge in [-0.15, -0.1) is 0 Å². The Kier molecular flexibility index (Phi) is 5.86. The summed E-state index contributed by atoms with van der Waals surface area (Å²) >= 11 is 0. The number of nitrogens with one attached hydrogen (secondary N) is 1. The summed E-state index contributed by atoms with van der Waals surface area (Å²) in [5, 5.41) is 0. The van der Waals surface area contributed by atoms with Crippen molar-refractivity contribution in [2.24, 2.45) is 5.73 Å². The molecule has 26 heavy (non-hydrogen) atoms. The summed E-state index contributed by atoms with van der Waals surface area (Å²) in [6.07, 6.45) is 0.979. The van der Waals surface area contributed by atoms with Crippen LogP contribution in [-0.4, -0.2) is 22.0 Å². The lowest BCUT2D eigenvalue weighted by Gasteiger charge is -2.23. The molecule has 4 heteroatoms. The zero-order chi connectivity index (χ0) is 19.5. The number of rotatable bonds is 4. The molecule has 2 aromatic rings. The monoisotopic (exact) mass is 352 g/mol. The topological polar surface area (TPSA) is 58.1 Å². The second kappa shape index (κ2) is 7.73. The van der Waals surface area contributed by atoms with Crippen LogP contribution in [0.4, 0.5) is 0 Å². The highest BCUT2D eigenvalue weighted by molar-refractivity contribution is 5.96. The fraction of sp³-hybridized carbons (Fsp3) is 0.364. The highest BCUT2D eigenvalue weighted by Gasteiger charge is 2.27. The van der Waals surface area contributed by atoms with Gasteiger partial charge in [0.15, 0.2) is 0 Å². The molecule has 4 nitrogen and oxygen atoms in total. The number of nitrogens with zero attached hydrogens (tertiary/aromatic N) is 1. The lowest BCUT2D eigenvalue weighted by atomic mass is 10.1. The zero-order valence-electron chi connectivity index (χ0n) is 16.7. The van der Waals surface area contributed by atoms with Crippen molar-refractivity contribution in [1.82, 2.24) is 5.43 Å². The van der Waals surface area contributed by atoms with E-state index in [4.69, 9.17) is 5.73 Å². The summed E-state index contributed by atoms with van der Waals surface area (Å²) in [4.78, 5) is 12.8. The van der Waals surface area contributed by atoms with Crippen molar-refractivity contribution < 1.29 is 9.48 Å². The van der Waals surface area contributed by atoms with Crippen molar-refractivity contribution in [3.63, 3.8) is 0 Å². The summed E-state index contributed by atoms with van der Waals surface area (Å²) in [6, 6.07) is 13.9. The van der Waals surface area contributed by atoms with E-state index in [1.165, 1.54) is 5.56 Å². The Morgan fingerprint density at radius 2 is 1.54 bits per heavy atom. The van der Waals surface area contributed by atoms with Crippen molar-refractivity contribution in [3.8, 4) is 0 Å². The predicted octanol–water partition coefficient (Wildman–Crippen LogP) is 3.73. The van der Waals surface area contributed by atoms with Gasteiger partial charge in [-0.25, -0.2) is 0 Å². The molecule has 0 radical (unpaired) electrons. The normalized spacial score (nSPS) is 12.5. The Hall–Kier alpha value is -2.62. The fourth-order valence-corrected chi connectivity index (χ4v) is 2.90. The molecule has 138 valence electrons. The number of aryl methyl sites for hydroxylation is 3. The Bertz CT molecular complexity index is 807. The summed E-state index contributed by atoms with van der Waals surface area (Å²) in [7, 11) is 0. The van der Waals surface area contributed by atoms with Gasteiger partial charge in [0, 0.05) is 5.56 Å². The first-order valence-corrected chi connectivity index (χ1v) is 9.03. The number of carbonyl (C=O) groups excluding carboxylic acids is 1. The number of hydrogen-bond acceptors (Lipinski definition) is 1. The van der Waals surface area contributed by atoms with Gasteiger partial charge in [0.25, 0.3) is 11.7 Å². The molecular weight excluding hydrogens is 322 g/mol. The van der Waals surface area contributed by atoms with Crippen LogP contribution in [0.1, 0.15) is 60.3 Å². The van der Waals surface area contributed by atoms with Crippen LogP contribution in [0.15, 0.2) is 42.5 Å². The lowest BCUT2D eigenvalue weighted by molar-refractivity contribution is -0.637. The predicted molar refractivity (Wildman–Crippen MR) is 108 cm³/mol. The largest absolute Gasteiger partial charge is 0.299 e. The van der Waals surface area contributed by atoms with E-state index in [0.717, 1.165) is 23.1 Å². The van der Waals surface area contributed by atoms with Crippen LogP contribution in [-0.2, 0) is 6.42 Å². The van der Waals surface area contributed by atoms with Crippen LogP contribution in [0.5, 0.6) is 0 Å². The quantitative estimate of drug-likeness (QED) is 0.381. The number of benzene rings is 2. The van der Waals surface area contributed by atoms with Gasteiger partial charge in [0.2, 0.25) is 0 Å². The Labute approximate surface area is 156 Å². The van der Waals surface area contributed by atoms with Crippen molar-refractivity contribution >= 4 is 11.7 Å². The minimum Gasteiger partial charge on any atom is -0.285 e. The van der Waals surface area contributed by atoms with Gasteiger partial charge >= 0.3 is 0 Å². The molecule has 0 aliphatic rings. The molecule has 2 aromatic carbocycles. The third-order valence-electron chi connectivity index (χ3n) is 4.27. The Morgan fingerprint density at radius 3 is 2.00 bits per heavy atom. The van der Waals surface area contributed by atoms with E-state index in [9.17, 15) is 4.79 Å². The molecule has 0 aliphatic heterocycles. The number of hydrazone groups is 1. The highest BCUT2D eigenvalue weighted by atomic mass is 16.2. The molecule has 0 saturated carbocycles. The number of amidine groups is 1. The molecule has 0 atom stereocenters. The van der Waals surface area contributed by atoms with Gasteiger partial charge in [-0.3, -0.25) is 10.5 Å². The van der Waals surface area contributed by atoms with Crippen molar-refractivity contribution in [2.75, 3.05) is 0 Å². The molecule has 0 aromatic heterocycles. The van der Waals surface area contributed by atoms with E-state index >= 15 is 0 Å². The van der Waals surface area contributed by atoms with E-state index in [2.05, 4.69) is 24.5 Å². The lowest BCUT2D eigenvalue weighted by Crippen LogP contribution is -2.51. The van der Waals surface area contributed by atoms with Gasteiger partial charge in [0.1, 0.15) is 5.54 Å². The van der Waals surface area contributed by atoms with Gasteiger partial charge in [-0.2, -0.15) is 10.1 Å². The first kappa shape index (κ1) is 19.7. The average Bonchev–Trinajstić information content (AvgIpc) is 2.57. The van der Waals surface area contributed by atoms with Crippen LogP contribution in [0.3, 0.4) is 0 Å². The third kappa shape index (κ3) is 4.72. The van der Waals surface area contributed by atoms with Crippen LogP contribution in [0, 0.1) is 13.8 Å². The Morgan fingerprint density at radius 1 is 1.00 bits per heavy atom. The summed E-state index contributed by atoms with van der Waals surface area (Å²) in [5.74, 6) is 0.359. The molecule has 0 fully saturated rings. The number of carbonyl (C=O) groups is 1. The first-order chi connectivity index (χ1) is 12.1. The molecule has 0 heterocycles. The molecule has 2 rings (SSSR count). The fourth-order valence-electron chi connectivity index (χ4n) is 2.90. The van der Waals surface area contributed by atoms with Crippen LogP contribution in [0.2, 0.25) is 0 Å². The maximum absolute atomic E-state index is 12.8. The minimum absolute atomic E-state index is 0.167.